The normalized spacial score (nSPS) is 24.2. The highest BCUT2D eigenvalue weighted by Crippen LogP contribution is 2.36. The van der Waals surface area contributed by atoms with Gasteiger partial charge in [0, 0.05) is 6.04 Å². The first-order valence-corrected chi connectivity index (χ1v) is 11.5. The first kappa shape index (κ1) is 19.2. The van der Waals surface area contributed by atoms with Crippen molar-refractivity contribution >= 4 is 56.0 Å². The van der Waals surface area contributed by atoms with Crippen LogP contribution in [-0.2, 0) is 19.4 Å². The molecule has 3 aliphatic rings. The van der Waals surface area contributed by atoms with E-state index in [9.17, 15) is 18.0 Å². The molecule has 148 valence electrons. The number of ether oxygens (including phenoxy) is 2. The van der Waals surface area contributed by atoms with Crippen molar-refractivity contribution in [3.8, 4) is 11.5 Å². The van der Waals surface area contributed by atoms with Crippen LogP contribution in [0, 0.1) is 0 Å². The summed E-state index contributed by atoms with van der Waals surface area (Å²) in [5.41, 5.74) is 0.755. The Balaban J connectivity index is 1.42. The molecule has 0 spiro atoms. The average molecular weight is 441 g/mol. The standard InChI is InChI=1S/C17H16N2O6S3/c20-15(18-11-3-4-28(22,23)8-11)7-19-16(21)14(27-17(19)26)6-10-1-2-12-13(5-10)25-9-24-12/h1-2,5-6,11H,3-4,7-9H2,(H,18,20)/b14-6-/t11-/m0/s1. The lowest BCUT2D eigenvalue weighted by Gasteiger charge is -2.16. The molecule has 0 radical (unpaired) electrons. The Labute approximate surface area is 171 Å². The lowest BCUT2D eigenvalue weighted by molar-refractivity contribution is -0.129. The monoisotopic (exact) mass is 440 g/mol. The SMILES string of the molecule is O=C(CN1C(=O)/C(=C/c2ccc3c(c2)OCO3)SC1=S)N[C@H]1CCS(=O)(=O)C1. The molecule has 0 saturated carbocycles. The van der Waals surface area contributed by atoms with Gasteiger partial charge >= 0.3 is 0 Å². The molecule has 0 bridgehead atoms. The minimum Gasteiger partial charge on any atom is -0.454 e. The van der Waals surface area contributed by atoms with Crippen LogP contribution in [0.2, 0.25) is 0 Å². The molecule has 0 unspecified atom stereocenters. The summed E-state index contributed by atoms with van der Waals surface area (Å²) in [6, 6.07) is 4.91. The molecule has 2 amide bonds. The van der Waals surface area contributed by atoms with E-state index in [1.165, 1.54) is 4.90 Å². The number of nitrogens with zero attached hydrogens (tertiary/aromatic N) is 1. The summed E-state index contributed by atoms with van der Waals surface area (Å²) in [6.45, 7) is -0.0714. The maximum absolute atomic E-state index is 12.6. The molecule has 28 heavy (non-hydrogen) atoms. The van der Waals surface area contributed by atoms with Crippen molar-refractivity contribution in [3.05, 3.63) is 28.7 Å². The Hall–Kier alpha value is -2.11. The van der Waals surface area contributed by atoms with E-state index in [0.717, 1.165) is 17.3 Å². The lowest BCUT2D eigenvalue weighted by Crippen LogP contribution is -2.43. The maximum Gasteiger partial charge on any atom is 0.266 e. The molecule has 1 aromatic rings. The zero-order valence-corrected chi connectivity index (χ0v) is 17.0. The smallest absolute Gasteiger partial charge is 0.266 e. The van der Waals surface area contributed by atoms with Crippen LogP contribution < -0.4 is 14.8 Å². The second kappa shape index (κ2) is 7.37. The summed E-state index contributed by atoms with van der Waals surface area (Å²) in [7, 11) is -3.09. The molecule has 11 heteroatoms. The van der Waals surface area contributed by atoms with E-state index in [1.807, 2.05) is 0 Å². The number of nitrogens with one attached hydrogen (secondary N) is 1. The van der Waals surface area contributed by atoms with Crippen LogP contribution in [0.15, 0.2) is 23.1 Å². The predicted octanol–water partition coefficient (Wildman–Crippen LogP) is 0.920. The summed E-state index contributed by atoms with van der Waals surface area (Å²) >= 11 is 6.35. The van der Waals surface area contributed by atoms with E-state index in [2.05, 4.69) is 5.32 Å². The summed E-state index contributed by atoms with van der Waals surface area (Å²) in [5.74, 6) is 0.466. The number of carbonyl (C=O) groups excluding carboxylic acids is 2. The largest absolute Gasteiger partial charge is 0.454 e. The van der Waals surface area contributed by atoms with Gasteiger partial charge < -0.3 is 14.8 Å². The molecule has 1 N–H and O–H groups in total. The third-order valence-corrected chi connectivity index (χ3v) is 7.61. The molecule has 0 aliphatic carbocycles. The van der Waals surface area contributed by atoms with E-state index in [-0.39, 0.29) is 35.1 Å². The van der Waals surface area contributed by atoms with Gasteiger partial charge in [-0.15, -0.1) is 0 Å². The van der Waals surface area contributed by atoms with E-state index in [0.29, 0.717) is 22.8 Å². The predicted molar refractivity (Wildman–Crippen MR) is 108 cm³/mol. The topological polar surface area (TPSA) is 102 Å². The van der Waals surface area contributed by atoms with Crippen LogP contribution >= 0.6 is 24.0 Å². The number of thiocarbonyl (C=S) groups is 1. The van der Waals surface area contributed by atoms with Gasteiger partial charge in [0.15, 0.2) is 21.3 Å². The summed E-state index contributed by atoms with van der Waals surface area (Å²) < 4.78 is 33.9. The van der Waals surface area contributed by atoms with Gasteiger partial charge in [-0.25, -0.2) is 8.42 Å². The molecule has 2 saturated heterocycles. The van der Waals surface area contributed by atoms with Crippen molar-refractivity contribution in [3.63, 3.8) is 0 Å². The van der Waals surface area contributed by atoms with E-state index in [1.54, 1.807) is 24.3 Å². The van der Waals surface area contributed by atoms with Crippen LogP contribution in [0.5, 0.6) is 11.5 Å². The van der Waals surface area contributed by atoms with Crippen molar-refractivity contribution in [2.45, 2.75) is 12.5 Å². The molecule has 3 aliphatic heterocycles. The van der Waals surface area contributed by atoms with Crippen LogP contribution in [0.25, 0.3) is 6.08 Å². The summed E-state index contributed by atoms with van der Waals surface area (Å²) in [4.78, 5) is 26.5. The number of benzene rings is 1. The van der Waals surface area contributed by atoms with Crippen molar-refractivity contribution in [2.75, 3.05) is 24.8 Å². The fourth-order valence-corrected chi connectivity index (χ4v) is 6.04. The number of rotatable bonds is 4. The van der Waals surface area contributed by atoms with Gasteiger partial charge in [0.1, 0.15) is 10.9 Å². The number of amides is 2. The van der Waals surface area contributed by atoms with Gasteiger partial charge in [-0.1, -0.05) is 30.0 Å². The van der Waals surface area contributed by atoms with Crippen molar-refractivity contribution in [2.24, 2.45) is 0 Å². The second-order valence-electron chi connectivity index (χ2n) is 6.55. The average Bonchev–Trinajstić information content (AvgIpc) is 3.29. The number of thioether (sulfide) groups is 1. The Kier molecular flexibility index (Phi) is 5.06. The minimum absolute atomic E-state index is 0.0667. The quantitative estimate of drug-likeness (QED) is 0.545. The second-order valence-corrected chi connectivity index (χ2v) is 10.5. The first-order chi connectivity index (χ1) is 13.3. The molecule has 1 aromatic carbocycles. The third kappa shape index (κ3) is 4.01. The van der Waals surface area contributed by atoms with Gasteiger partial charge in [0.25, 0.3) is 5.91 Å². The lowest BCUT2D eigenvalue weighted by atomic mass is 10.2. The van der Waals surface area contributed by atoms with Crippen molar-refractivity contribution in [1.29, 1.82) is 0 Å². The molecule has 8 nitrogen and oxygen atoms in total. The number of hydrogen-bond acceptors (Lipinski definition) is 8. The van der Waals surface area contributed by atoms with Crippen molar-refractivity contribution in [1.82, 2.24) is 10.2 Å². The fourth-order valence-electron chi connectivity index (χ4n) is 3.12. The molecule has 1 atom stereocenters. The minimum atomic E-state index is -3.09. The molecule has 4 rings (SSSR count). The van der Waals surface area contributed by atoms with Crippen LogP contribution in [0.1, 0.15) is 12.0 Å². The molecule has 0 aromatic heterocycles. The van der Waals surface area contributed by atoms with Gasteiger partial charge in [-0.05, 0) is 30.2 Å². The Morgan fingerprint density at radius 2 is 2.14 bits per heavy atom. The maximum atomic E-state index is 12.6. The number of sulfone groups is 1. The van der Waals surface area contributed by atoms with E-state index in [4.69, 9.17) is 21.7 Å². The number of carbonyl (C=O) groups is 2. The summed E-state index contributed by atoms with van der Waals surface area (Å²) in [6.07, 6.45) is 2.07. The Morgan fingerprint density at radius 1 is 1.36 bits per heavy atom. The van der Waals surface area contributed by atoms with E-state index >= 15 is 0 Å². The van der Waals surface area contributed by atoms with E-state index < -0.39 is 21.8 Å². The van der Waals surface area contributed by atoms with Gasteiger partial charge in [0.2, 0.25) is 12.7 Å². The molecule has 2 fully saturated rings. The highest BCUT2D eigenvalue weighted by molar-refractivity contribution is 8.26. The Morgan fingerprint density at radius 3 is 2.89 bits per heavy atom. The fraction of sp³-hybridized carbons (Fsp3) is 0.353. The highest BCUT2D eigenvalue weighted by Gasteiger charge is 2.35. The van der Waals surface area contributed by atoms with Gasteiger partial charge in [-0.2, -0.15) is 0 Å². The molecule has 3 heterocycles. The highest BCUT2D eigenvalue weighted by atomic mass is 32.2. The van der Waals surface area contributed by atoms with Crippen LogP contribution in [0.3, 0.4) is 0 Å². The van der Waals surface area contributed by atoms with Crippen LogP contribution in [-0.4, -0.2) is 60.3 Å². The number of fused-ring (bicyclic) bond motifs is 1. The van der Waals surface area contributed by atoms with Crippen molar-refractivity contribution < 1.29 is 27.5 Å². The zero-order valence-electron chi connectivity index (χ0n) is 14.5. The van der Waals surface area contributed by atoms with Crippen LogP contribution in [0.4, 0.5) is 0 Å². The number of hydrogen-bond donors (Lipinski definition) is 1. The van der Waals surface area contributed by atoms with Gasteiger partial charge in [-0.3, -0.25) is 14.5 Å². The Bertz CT molecular complexity index is 1000. The summed E-state index contributed by atoms with van der Waals surface area (Å²) in [5, 5.41) is 2.66. The molecular formula is C17H16N2O6S3. The van der Waals surface area contributed by atoms with Gasteiger partial charge in [0.05, 0.1) is 16.4 Å². The molecular weight excluding hydrogens is 424 g/mol. The third-order valence-electron chi connectivity index (χ3n) is 4.47. The first-order valence-electron chi connectivity index (χ1n) is 8.45. The zero-order chi connectivity index (χ0) is 19.9.